The fourth-order valence-corrected chi connectivity index (χ4v) is 5.88. The van der Waals surface area contributed by atoms with Crippen molar-refractivity contribution in [3.8, 4) is 5.75 Å². The van der Waals surface area contributed by atoms with Crippen molar-refractivity contribution in [3.05, 3.63) is 70.7 Å². The second kappa shape index (κ2) is 9.82. The standard InChI is InChI=1S/C21H21FN2O6S2/c22-15-1-3-16(4-2-15)29-14-17-5-7-19(30-17)21(25)23-13-18-6-8-20(31-18)32(26,27)24-9-11-28-12-10-24/h1-8H,9-14H2,(H,23,25). The molecule has 0 spiro atoms. The summed E-state index contributed by atoms with van der Waals surface area (Å²) in [6, 6.07) is 12.0. The van der Waals surface area contributed by atoms with Crippen LogP contribution in [0.25, 0.3) is 0 Å². The van der Waals surface area contributed by atoms with E-state index in [0.717, 1.165) is 11.3 Å². The molecule has 8 nitrogen and oxygen atoms in total. The minimum atomic E-state index is -3.55. The van der Waals surface area contributed by atoms with Crippen molar-refractivity contribution in [1.82, 2.24) is 9.62 Å². The topological polar surface area (TPSA) is 98.1 Å². The number of furan rings is 1. The van der Waals surface area contributed by atoms with Crippen molar-refractivity contribution in [1.29, 1.82) is 0 Å². The van der Waals surface area contributed by atoms with Crippen LogP contribution in [0, 0.1) is 5.82 Å². The maximum atomic E-state index is 12.9. The monoisotopic (exact) mass is 480 g/mol. The molecule has 0 atom stereocenters. The number of halogens is 1. The van der Waals surface area contributed by atoms with Crippen LogP contribution in [0.5, 0.6) is 5.75 Å². The summed E-state index contributed by atoms with van der Waals surface area (Å²) < 4.78 is 56.2. The summed E-state index contributed by atoms with van der Waals surface area (Å²) in [5, 5.41) is 2.72. The summed E-state index contributed by atoms with van der Waals surface area (Å²) in [6.07, 6.45) is 0. The van der Waals surface area contributed by atoms with E-state index < -0.39 is 15.9 Å². The lowest BCUT2D eigenvalue weighted by Crippen LogP contribution is -2.40. The Hall–Kier alpha value is -2.73. The van der Waals surface area contributed by atoms with Crippen molar-refractivity contribution in [2.24, 2.45) is 0 Å². The van der Waals surface area contributed by atoms with Crippen molar-refractivity contribution < 1.29 is 31.5 Å². The molecule has 170 valence electrons. The summed E-state index contributed by atoms with van der Waals surface area (Å²) in [5.41, 5.74) is 0. The lowest BCUT2D eigenvalue weighted by Gasteiger charge is -2.25. The maximum absolute atomic E-state index is 12.9. The quantitative estimate of drug-likeness (QED) is 0.532. The Morgan fingerprint density at radius 3 is 2.59 bits per heavy atom. The Bertz CT molecular complexity index is 1170. The van der Waals surface area contributed by atoms with E-state index in [2.05, 4.69) is 5.32 Å². The smallest absolute Gasteiger partial charge is 0.287 e. The normalized spacial score (nSPS) is 14.9. The van der Waals surface area contributed by atoms with Crippen LogP contribution in [0.4, 0.5) is 4.39 Å². The Balaban J connectivity index is 1.30. The number of ether oxygens (including phenoxy) is 2. The molecule has 0 bridgehead atoms. The first-order valence-corrected chi connectivity index (χ1v) is 12.1. The largest absolute Gasteiger partial charge is 0.486 e. The fourth-order valence-electron chi connectivity index (χ4n) is 3.02. The highest BCUT2D eigenvalue weighted by Gasteiger charge is 2.27. The van der Waals surface area contributed by atoms with Crippen LogP contribution in [-0.4, -0.2) is 44.9 Å². The minimum Gasteiger partial charge on any atom is -0.486 e. The van der Waals surface area contributed by atoms with Crippen molar-refractivity contribution in [2.45, 2.75) is 17.4 Å². The molecule has 3 aromatic rings. The van der Waals surface area contributed by atoms with Gasteiger partial charge in [0.15, 0.2) is 5.76 Å². The number of rotatable bonds is 8. The highest BCUT2D eigenvalue weighted by Crippen LogP contribution is 2.25. The van der Waals surface area contributed by atoms with Crippen LogP contribution < -0.4 is 10.1 Å². The zero-order chi connectivity index (χ0) is 22.6. The van der Waals surface area contributed by atoms with E-state index in [4.69, 9.17) is 13.9 Å². The number of carbonyl (C=O) groups excluding carboxylic acids is 1. The van der Waals surface area contributed by atoms with E-state index >= 15 is 0 Å². The molecule has 1 amide bonds. The zero-order valence-electron chi connectivity index (χ0n) is 17.0. The van der Waals surface area contributed by atoms with Crippen molar-refractivity contribution in [3.63, 3.8) is 0 Å². The molecule has 32 heavy (non-hydrogen) atoms. The van der Waals surface area contributed by atoms with Gasteiger partial charge in [0.1, 0.15) is 28.1 Å². The Labute approximate surface area is 188 Å². The molecule has 3 heterocycles. The van der Waals surface area contributed by atoms with Gasteiger partial charge >= 0.3 is 0 Å². The van der Waals surface area contributed by atoms with Crippen LogP contribution in [0.1, 0.15) is 21.2 Å². The lowest BCUT2D eigenvalue weighted by molar-refractivity contribution is 0.0731. The average molecular weight is 481 g/mol. The van der Waals surface area contributed by atoms with Crippen LogP contribution in [-0.2, 0) is 27.9 Å². The second-order valence-electron chi connectivity index (χ2n) is 6.93. The minimum absolute atomic E-state index is 0.0899. The van der Waals surface area contributed by atoms with Gasteiger partial charge in [-0.3, -0.25) is 4.79 Å². The molecule has 0 unspecified atom stereocenters. The molecule has 2 aromatic heterocycles. The number of benzene rings is 1. The summed E-state index contributed by atoms with van der Waals surface area (Å²) >= 11 is 1.12. The van der Waals surface area contributed by atoms with Gasteiger partial charge in [0.25, 0.3) is 15.9 Å². The third-order valence-corrected chi connectivity index (χ3v) is 8.16. The molecule has 0 saturated carbocycles. The number of hydrogen-bond donors (Lipinski definition) is 1. The summed E-state index contributed by atoms with van der Waals surface area (Å²) in [6.45, 7) is 1.69. The first kappa shape index (κ1) is 22.5. The maximum Gasteiger partial charge on any atom is 0.287 e. The second-order valence-corrected chi connectivity index (χ2v) is 10.3. The molecule has 1 aliphatic heterocycles. The average Bonchev–Trinajstić information content (AvgIpc) is 3.48. The summed E-state index contributed by atoms with van der Waals surface area (Å²) in [4.78, 5) is 13.1. The van der Waals surface area contributed by atoms with Gasteiger partial charge in [-0.2, -0.15) is 4.31 Å². The third-order valence-electron chi connectivity index (χ3n) is 4.70. The molecule has 1 aromatic carbocycles. The molecule has 1 aliphatic rings. The van der Waals surface area contributed by atoms with Gasteiger partial charge in [0.2, 0.25) is 0 Å². The molecular formula is C21H21FN2O6S2. The number of thiophene rings is 1. The molecule has 4 rings (SSSR count). The van der Waals surface area contributed by atoms with Gasteiger partial charge in [-0.05, 0) is 48.5 Å². The van der Waals surface area contributed by atoms with Crippen LogP contribution in [0.3, 0.4) is 0 Å². The predicted octanol–water partition coefficient (Wildman–Crippen LogP) is 3.01. The van der Waals surface area contributed by atoms with Gasteiger partial charge in [-0.25, -0.2) is 12.8 Å². The Morgan fingerprint density at radius 1 is 1.09 bits per heavy atom. The van der Waals surface area contributed by atoms with E-state index in [-0.39, 0.29) is 28.9 Å². The number of amides is 1. The molecule has 1 N–H and O–H groups in total. The molecule has 11 heteroatoms. The first-order valence-electron chi connectivity index (χ1n) is 9.84. The molecule has 1 saturated heterocycles. The first-order chi connectivity index (χ1) is 15.4. The Kier molecular flexibility index (Phi) is 6.89. The summed E-state index contributed by atoms with van der Waals surface area (Å²) in [5.74, 6) is 0.249. The van der Waals surface area contributed by atoms with Gasteiger partial charge < -0.3 is 19.2 Å². The van der Waals surface area contributed by atoms with Crippen molar-refractivity contribution >= 4 is 27.3 Å². The van der Waals surface area contributed by atoms with E-state index in [9.17, 15) is 17.6 Å². The summed E-state index contributed by atoms with van der Waals surface area (Å²) in [7, 11) is -3.55. The number of sulfonamides is 1. The number of nitrogens with zero attached hydrogens (tertiary/aromatic N) is 1. The van der Waals surface area contributed by atoms with Gasteiger partial charge in [-0.1, -0.05) is 0 Å². The van der Waals surface area contributed by atoms with Gasteiger partial charge in [0, 0.05) is 18.0 Å². The van der Waals surface area contributed by atoms with Crippen LogP contribution >= 0.6 is 11.3 Å². The number of carbonyl (C=O) groups is 1. The van der Waals surface area contributed by atoms with Crippen LogP contribution in [0.15, 0.2) is 57.2 Å². The lowest BCUT2D eigenvalue weighted by atomic mass is 10.3. The van der Waals surface area contributed by atoms with Crippen molar-refractivity contribution in [2.75, 3.05) is 26.3 Å². The van der Waals surface area contributed by atoms with Crippen LogP contribution in [0.2, 0.25) is 0 Å². The SMILES string of the molecule is O=C(NCc1ccc(S(=O)(=O)N2CCOCC2)s1)c1ccc(COc2ccc(F)cc2)o1. The molecular weight excluding hydrogens is 459 g/mol. The molecule has 1 fully saturated rings. The highest BCUT2D eigenvalue weighted by molar-refractivity contribution is 7.91. The van der Waals surface area contributed by atoms with Gasteiger partial charge in [0.05, 0.1) is 19.8 Å². The van der Waals surface area contributed by atoms with E-state index in [1.54, 1.807) is 18.2 Å². The highest BCUT2D eigenvalue weighted by atomic mass is 32.2. The fraction of sp³-hybridized carbons (Fsp3) is 0.286. The van der Waals surface area contributed by atoms with E-state index in [1.807, 2.05) is 0 Å². The van der Waals surface area contributed by atoms with Gasteiger partial charge in [-0.15, -0.1) is 11.3 Å². The predicted molar refractivity (Wildman–Crippen MR) is 115 cm³/mol. The molecule has 0 aliphatic carbocycles. The number of nitrogens with one attached hydrogen (secondary N) is 1. The number of morpholine rings is 1. The van der Waals surface area contributed by atoms with E-state index in [0.29, 0.717) is 42.7 Å². The number of hydrogen-bond acceptors (Lipinski definition) is 7. The van der Waals surface area contributed by atoms with E-state index in [1.165, 1.54) is 34.6 Å². The third kappa shape index (κ3) is 5.36. The Morgan fingerprint density at radius 2 is 1.84 bits per heavy atom. The zero-order valence-corrected chi connectivity index (χ0v) is 18.6. The molecule has 0 radical (unpaired) electrons.